The van der Waals surface area contributed by atoms with E-state index >= 15 is 0 Å². The molecule has 0 saturated carbocycles. The van der Waals surface area contributed by atoms with E-state index in [2.05, 4.69) is 10.6 Å². The standard InChI is InChI=1S/C17H21ClN2O4/c1-3-23-9-16(21)19-14-8-15(11(14)2)20-17(22)10-24-13-6-4-12(18)5-7-13/h4-7,15H,3,8-10H2,1-2H3,(H,19,21)(H,20,22). The fraction of sp³-hybridized carbons (Fsp3) is 0.412. The maximum absolute atomic E-state index is 11.9. The Morgan fingerprint density at radius 3 is 2.54 bits per heavy atom. The number of carbonyl (C=O) groups excluding carboxylic acids is 2. The third kappa shape index (κ3) is 5.25. The van der Waals surface area contributed by atoms with E-state index in [9.17, 15) is 9.59 Å². The van der Waals surface area contributed by atoms with Crippen molar-refractivity contribution in [3.63, 3.8) is 0 Å². The van der Waals surface area contributed by atoms with Crippen molar-refractivity contribution in [1.29, 1.82) is 0 Å². The van der Waals surface area contributed by atoms with Gasteiger partial charge in [0.25, 0.3) is 5.91 Å². The Bertz CT molecular complexity index is 628. The fourth-order valence-corrected chi connectivity index (χ4v) is 2.35. The van der Waals surface area contributed by atoms with E-state index in [1.165, 1.54) is 0 Å². The lowest BCUT2D eigenvalue weighted by molar-refractivity contribution is -0.124. The van der Waals surface area contributed by atoms with E-state index in [0.29, 0.717) is 23.8 Å². The SMILES string of the molecule is CCOCC(=O)NC1=C(C)C(NC(=O)COc2ccc(Cl)cc2)C1. The normalized spacial score (nSPS) is 16.4. The number of hydrogen-bond donors (Lipinski definition) is 2. The van der Waals surface area contributed by atoms with Gasteiger partial charge < -0.3 is 20.1 Å². The number of benzene rings is 1. The van der Waals surface area contributed by atoms with Crippen LogP contribution in [-0.2, 0) is 14.3 Å². The highest BCUT2D eigenvalue weighted by atomic mass is 35.5. The molecule has 0 bridgehead atoms. The van der Waals surface area contributed by atoms with Crippen LogP contribution in [0, 0.1) is 0 Å². The smallest absolute Gasteiger partial charge is 0.258 e. The molecule has 0 aromatic heterocycles. The summed E-state index contributed by atoms with van der Waals surface area (Å²) >= 11 is 5.79. The maximum Gasteiger partial charge on any atom is 0.258 e. The molecule has 1 aliphatic rings. The average Bonchev–Trinajstić information content (AvgIpc) is 2.58. The van der Waals surface area contributed by atoms with Crippen molar-refractivity contribution in [3.8, 4) is 5.75 Å². The van der Waals surface area contributed by atoms with E-state index in [0.717, 1.165) is 11.3 Å². The summed E-state index contributed by atoms with van der Waals surface area (Å²) in [6.07, 6.45) is 0.594. The minimum Gasteiger partial charge on any atom is -0.484 e. The third-order valence-corrected chi connectivity index (χ3v) is 3.91. The number of hydrogen-bond acceptors (Lipinski definition) is 4. The number of halogens is 1. The van der Waals surface area contributed by atoms with Crippen LogP contribution >= 0.6 is 11.6 Å². The van der Waals surface area contributed by atoms with Gasteiger partial charge >= 0.3 is 0 Å². The van der Waals surface area contributed by atoms with E-state index in [1.54, 1.807) is 24.3 Å². The van der Waals surface area contributed by atoms with Crippen LogP contribution in [-0.4, -0.2) is 37.7 Å². The molecule has 2 amide bonds. The fourth-order valence-electron chi connectivity index (χ4n) is 2.22. The van der Waals surface area contributed by atoms with Gasteiger partial charge in [0.05, 0.1) is 6.04 Å². The summed E-state index contributed by atoms with van der Waals surface area (Å²) in [7, 11) is 0. The molecule has 2 N–H and O–H groups in total. The summed E-state index contributed by atoms with van der Waals surface area (Å²) < 4.78 is 10.4. The number of nitrogens with one attached hydrogen (secondary N) is 2. The van der Waals surface area contributed by atoms with Crippen molar-refractivity contribution >= 4 is 23.4 Å². The zero-order valence-corrected chi connectivity index (χ0v) is 14.5. The highest BCUT2D eigenvalue weighted by Crippen LogP contribution is 2.25. The molecule has 2 rings (SSSR count). The van der Waals surface area contributed by atoms with Crippen LogP contribution in [0.5, 0.6) is 5.75 Å². The Balaban J connectivity index is 1.73. The Labute approximate surface area is 146 Å². The summed E-state index contributed by atoms with van der Waals surface area (Å²) in [6.45, 7) is 4.18. The van der Waals surface area contributed by atoms with Gasteiger partial charge in [-0.25, -0.2) is 0 Å². The quantitative estimate of drug-likeness (QED) is 0.750. The summed E-state index contributed by atoms with van der Waals surface area (Å²) in [6, 6.07) is 6.73. The van der Waals surface area contributed by atoms with Crippen molar-refractivity contribution < 1.29 is 19.1 Å². The highest BCUT2D eigenvalue weighted by molar-refractivity contribution is 6.30. The second-order valence-electron chi connectivity index (χ2n) is 5.41. The first-order valence-corrected chi connectivity index (χ1v) is 8.12. The van der Waals surface area contributed by atoms with Crippen molar-refractivity contribution in [2.45, 2.75) is 26.3 Å². The molecule has 0 aliphatic heterocycles. The molecule has 130 valence electrons. The number of ether oxygens (including phenoxy) is 2. The Morgan fingerprint density at radius 2 is 1.92 bits per heavy atom. The van der Waals surface area contributed by atoms with Crippen LogP contribution in [0.3, 0.4) is 0 Å². The van der Waals surface area contributed by atoms with Gasteiger partial charge in [-0.05, 0) is 43.7 Å². The molecule has 6 nitrogen and oxygen atoms in total. The number of carbonyl (C=O) groups is 2. The molecule has 0 fully saturated rings. The molecule has 0 saturated heterocycles. The molecule has 1 aromatic rings. The van der Waals surface area contributed by atoms with Gasteiger partial charge in [0.1, 0.15) is 12.4 Å². The number of rotatable bonds is 8. The topological polar surface area (TPSA) is 76.7 Å². The zero-order chi connectivity index (χ0) is 17.5. The van der Waals surface area contributed by atoms with Crippen LogP contribution in [0.25, 0.3) is 0 Å². The lowest BCUT2D eigenvalue weighted by Crippen LogP contribution is -2.47. The summed E-state index contributed by atoms with van der Waals surface area (Å²) in [4.78, 5) is 23.5. The molecule has 7 heteroatoms. The molecule has 1 aliphatic carbocycles. The van der Waals surface area contributed by atoms with Crippen LogP contribution in [0.15, 0.2) is 35.5 Å². The molecule has 1 aromatic carbocycles. The van der Waals surface area contributed by atoms with Crippen LogP contribution in [0.4, 0.5) is 0 Å². The third-order valence-electron chi connectivity index (χ3n) is 3.65. The van der Waals surface area contributed by atoms with Crippen molar-refractivity contribution in [1.82, 2.24) is 10.6 Å². The molecule has 0 heterocycles. The van der Waals surface area contributed by atoms with Gasteiger partial charge in [-0.1, -0.05) is 11.6 Å². The Morgan fingerprint density at radius 1 is 1.21 bits per heavy atom. The predicted molar refractivity (Wildman–Crippen MR) is 90.8 cm³/mol. The molecule has 1 unspecified atom stereocenters. The van der Waals surface area contributed by atoms with E-state index in [4.69, 9.17) is 21.1 Å². The first-order chi connectivity index (χ1) is 11.5. The first kappa shape index (κ1) is 18.3. The van der Waals surface area contributed by atoms with Gasteiger partial charge in [-0.3, -0.25) is 9.59 Å². The molecular weight excluding hydrogens is 332 g/mol. The minimum atomic E-state index is -0.214. The molecule has 1 atom stereocenters. The van der Waals surface area contributed by atoms with Crippen LogP contribution in [0.2, 0.25) is 5.02 Å². The molecule has 0 radical (unpaired) electrons. The van der Waals surface area contributed by atoms with Gasteiger partial charge in [0, 0.05) is 23.7 Å². The average molecular weight is 353 g/mol. The van der Waals surface area contributed by atoms with Crippen molar-refractivity contribution in [2.75, 3.05) is 19.8 Å². The van der Waals surface area contributed by atoms with Gasteiger partial charge in [0.15, 0.2) is 6.61 Å². The number of amides is 2. The Kier molecular flexibility index (Phi) is 6.63. The van der Waals surface area contributed by atoms with Gasteiger partial charge in [0.2, 0.25) is 5.91 Å². The second kappa shape index (κ2) is 8.70. The summed E-state index contributed by atoms with van der Waals surface area (Å²) in [5.41, 5.74) is 1.78. The first-order valence-electron chi connectivity index (χ1n) is 7.74. The summed E-state index contributed by atoms with van der Waals surface area (Å²) in [5.74, 6) is 0.190. The Hall–Kier alpha value is -2.05. The second-order valence-corrected chi connectivity index (χ2v) is 5.85. The zero-order valence-electron chi connectivity index (χ0n) is 13.7. The lowest BCUT2D eigenvalue weighted by Gasteiger charge is -2.32. The van der Waals surface area contributed by atoms with Crippen molar-refractivity contribution in [3.05, 3.63) is 40.6 Å². The van der Waals surface area contributed by atoms with Gasteiger partial charge in [-0.15, -0.1) is 0 Å². The van der Waals surface area contributed by atoms with E-state index in [1.807, 2.05) is 13.8 Å². The van der Waals surface area contributed by atoms with Crippen LogP contribution in [0.1, 0.15) is 20.3 Å². The van der Waals surface area contributed by atoms with Crippen LogP contribution < -0.4 is 15.4 Å². The molecule has 24 heavy (non-hydrogen) atoms. The largest absolute Gasteiger partial charge is 0.484 e. The van der Waals surface area contributed by atoms with Gasteiger partial charge in [-0.2, -0.15) is 0 Å². The summed E-state index contributed by atoms with van der Waals surface area (Å²) in [5, 5.41) is 6.26. The molecule has 0 spiro atoms. The molecular formula is C17H21ClN2O4. The lowest BCUT2D eigenvalue weighted by atomic mass is 9.89. The van der Waals surface area contributed by atoms with E-state index in [-0.39, 0.29) is 31.1 Å². The van der Waals surface area contributed by atoms with E-state index < -0.39 is 0 Å². The van der Waals surface area contributed by atoms with Crippen molar-refractivity contribution in [2.24, 2.45) is 0 Å². The minimum absolute atomic E-state index is 0.0409. The maximum atomic E-state index is 11.9. The highest BCUT2D eigenvalue weighted by Gasteiger charge is 2.28. The monoisotopic (exact) mass is 352 g/mol. The predicted octanol–water partition coefficient (Wildman–Crippen LogP) is 2.03.